The molecule has 1 aliphatic heterocycles. The second-order valence-electron chi connectivity index (χ2n) is 5.01. The minimum absolute atomic E-state index is 0.0315. The van der Waals surface area contributed by atoms with Crippen LogP contribution in [0.1, 0.15) is 13.3 Å². The molecule has 0 bridgehead atoms. The van der Waals surface area contributed by atoms with Gasteiger partial charge in [0.05, 0.1) is 17.2 Å². The van der Waals surface area contributed by atoms with Crippen LogP contribution >= 0.6 is 0 Å². The van der Waals surface area contributed by atoms with Crippen LogP contribution in [0, 0.1) is 0 Å². The minimum Gasteiger partial charge on any atom is -0.321 e. The molecule has 1 saturated heterocycles. The Balaban J connectivity index is 2.33. The molecule has 2 rings (SSSR count). The maximum Gasteiger partial charge on any atom is 0.260 e. The fourth-order valence-corrected chi connectivity index (χ4v) is 5.90. The number of rotatable bonds is 4. The summed E-state index contributed by atoms with van der Waals surface area (Å²) in [6, 6.07) is 3.01. The summed E-state index contributed by atoms with van der Waals surface area (Å²) in [4.78, 5) is 3.79. The monoisotopic (exact) mass is 320 g/mol. The number of hydrazine groups is 1. The molecule has 1 aromatic rings. The van der Waals surface area contributed by atoms with Gasteiger partial charge in [-0.2, -0.15) is 0 Å². The van der Waals surface area contributed by atoms with Gasteiger partial charge in [0.2, 0.25) is 0 Å². The van der Waals surface area contributed by atoms with Crippen LogP contribution in [0.4, 0.5) is 5.69 Å². The van der Waals surface area contributed by atoms with Crippen molar-refractivity contribution >= 4 is 25.5 Å². The lowest BCUT2D eigenvalue weighted by atomic mass is 10.0. The molecule has 0 radical (unpaired) electrons. The molecular formula is C10H16N4O4S2. The Bertz CT molecular complexity index is 717. The second kappa shape index (κ2) is 4.95. The number of nitrogens with two attached hydrogens (primary N) is 1. The maximum absolute atomic E-state index is 12.3. The fraction of sp³-hybridized carbons (Fsp3) is 0.500. The van der Waals surface area contributed by atoms with Crippen molar-refractivity contribution in [3.05, 3.63) is 18.3 Å². The molecule has 1 fully saturated rings. The molecule has 10 heteroatoms. The van der Waals surface area contributed by atoms with E-state index in [1.165, 1.54) is 18.3 Å². The van der Waals surface area contributed by atoms with Crippen molar-refractivity contribution in [2.24, 2.45) is 5.84 Å². The highest BCUT2D eigenvalue weighted by atomic mass is 32.2. The molecule has 1 unspecified atom stereocenters. The van der Waals surface area contributed by atoms with Gasteiger partial charge in [-0.1, -0.05) is 0 Å². The average Bonchev–Trinajstić information content (AvgIpc) is 2.62. The molecule has 1 aromatic heterocycles. The number of hydrogen-bond acceptors (Lipinski definition) is 7. The summed E-state index contributed by atoms with van der Waals surface area (Å²) >= 11 is 0. The number of pyridine rings is 1. The van der Waals surface area contributed by atoms with E-state index in [9.17, 15) is 16.8 Å². The minimum atomic E-state index is -3.96. The second-order valence-corrected chi connectivity index (χ2v) is 8.79. The summed E-state index contributed by atoms with van der Waals surface area (Å²) in [7, 11) is -7.17. The predicted molar refractivity (Wildman–Crippen MR) is 74.0 cm³/mol. The van der Waals surface area contributed by atoms with Gasteiger partial charge in [-0.3, -0.25) is 5.84 Å². The van der Waals surface area contributed by atoms with Crippen LogP contribution in [0.2, 0.25) is 0 Å². The summed E-state index contributed by atoms with van der Waals surface area (Å²) in [5.74, 6) is 5.00. The van der Waals surface area contributed by atoms with Crippen LogP contribution in [-0.4, -0.2) is 38.9 Å². The highest BCUT2D eigenvalue weighted by Crippen LogP contribution is 2.26. The molecule has 0 aromatic carbocycles. The lowest BCUT2D eigenvalue weighted by molar-refractivity contribution is 0.460. The molecule has 1 atom stereocenters. The summed E-state index contributed by atoms with van der Waals surface area (Å²) in [5.41, 5.74) is 1.37. The quantitative estimate of drug-likeness (QED) is 0.490. The Labute approximate surface area is 117 Å². The third-order valence-corrected chi connectivity index (χ3v) is 6.56. The smallest absolute Gasteiger partial charge is 0.260 e. The van der Waals surface area contributed by atoms with Crippen LogP contribution in [0.3, 0.4) is 0 Å². The number of sulfone groups is 1. The van der Waals surface area contributed by atoms with Gasteiger partial charge < -0.3 is 5.43 Å². The van der Waals surface area contributed by atoms with E-state index in [-0.39, 0.29) is 28.6 Å². The summed E-state index contributed by atoms with van der Waals surface area (Å²) < 4.78 is 50.1. The number of anilines is 1. The Hall–Kier alpha value is -1.23. The van der Waals surface area contributed by atoms with Gasteiger partial charge in [0.1, 0.15) is 0 Å². The van der Waals surface area contributed by atoms with Crippen molar-refractivity contribution in [3.8, 4) is 0 Å². The Kier molecular flexibility index (Phi) is 3.75. The first-order valence-electron chi connectivity index (χ1n) is 5.84. The predicted octanol–water partition coefficient (Wildman–Crippen LogP) is -0.777. The molecule has 0 spiro atoms. The summed E-state index contributed by atoms with van der Waals surface area (Å²) in [6.45, 7) is 1.56. The molecule has 0 aliphatic carbocycles. The molecule has 4 N–H and O–H groups in total. The number of aromatic nitrogens is 1. The van der Waals surface area contributed by atoms with Crippen molar-refractivity contribution in [3.63, 3.8) is 0 Å². The standard InChI is InChI=1S/C10H16N4O4S2/c1-10(4-6-19(15,16)7-10)14-20(17,18)9-8(13-11)3-2-5-12-9/h2-3,5,13-14H,4,6-7,11H2,1H3. The molecule has 8 nitrogen and oxygen atoms in total. The van der Waals surface area contributed by atoms with Crippen LogP contribution in [-0.2, 0) is 19.9 Å². The van der Waals surface area contributed by atoms with Gasteiger partial charge in [0, 0.05) is 11.7 Å². The lowest BCUT2D eigenvalue weighted by Crippen LogP contribution is -2.47. The van der Waals surface area contributed by atoms with Gasteiger partial charge >= 0.3 is 0 Å². The number of nitrogen functional groups attached to an aromatic ring is 1. The molecule has 1 aliphatic rings. The van der Waals surface area contributed by atoms with Crippen LogP contribution < -0.4 is 16.0 Å². The first-order chi connectivity index (χ1) is 9.18. The van der Waals surface area contributed by atoms with E-state index in [4.69, 9.17) is 5.84 Å². The Morgan fingerprint density at radius 1 is 1.45 bits per heavy atom. The van der Waals surface area contributed by atoms with E-state index in [2.05, 4.69) is 15.1 Å². The van der Waals surface area contributed by atoms with Crippen molar-refractivity contribution in [2.45, 2.75) is 23.9 Å². The maximum atomic E-state index is 12.3. The van der Waals surface area contributed by atoms with Gasteiger partial charge in [0.15, 0.2) is 14.9 Å². The summed E-state index contributed by atoms with van der Waals surface area (Å²) in [6.07, 6.45) is 1.55. The van der Waals surface area contributed by atoms with Crippen LogP contribution in [0.5, 0.6) is 0 Å². The SMILES string of the molecule is CC1(NS(=O)(=O)c2ncccc2NN)CCS(=O)(=O)C1. The topological polar surface area (TPSA) is 131 Å². The first-order valence-corrected chi connectivity index (χ1v) is 9.14. The largest absolute Gasteiger partial charge is 0.321 e. The Morgan fingerprint density at radius 3 is 2.70 bits per heavy atom. The third-order valence-electron chi connectivity index (χ3n) is 3.07. The first kappa shape index (κ1) is 15.2. The van der Waals surface area contributed by atoms with Crippen LogP contribution in [0.15, 0.2) is 23.4 Å². The van der Waals surface area contributed by atoms with Crippen molar-refractivity contribution in [1.29, 1.82) is 0 Å². The van der Waals surface area contributed by atoms with Crippen LogP contribution in [0.25, 0.3) is 0 Å². The number of sulfonamides is 1. The van der Waals surface area contributed by atoms with Gasteiger partial charge in [-0.05, 0) is 25.5 Å². The van der Waals surface area contributed by atoms with Crippen molar-refractivity contribution < 1.29 is 16.8 Å². The van der Waals surface area contributed by atoms with Gasteiger partial charge in [-0.25, -0.2) is 26.5 Å². The third kappa shape index (κ3) is 3.08. The van der Waals surface area contributed by atoms with Gasteiger partial charge in [-0.15, -0.1) is 0 Å². The molecule has 112 valence electrons. The Morgan fingerprint density at radius 2 is 2.15 bits per heavy atom. The van der Waals surface area contributed by atoms with E-state index in [1.54, 1.807) is 6.92 Å². The fourth-order valence-electron chi connectivity index (χ4n) is 2.18. The highest BCUT2D eigenvalue weighted by molar-refractivity contribution is 7.92. The zero-order chi connectivity index (χ0) is 15.0. The molecular weight excluding hydrogens is 304 g/mol. The van der Waals surface area contributed by atoms with Crippen molar-refractivity contribution in [1.82, 2.24) is 9.71 Å². The molecule has 20 heavy (non-hydrogen) atoms. The average molecular weight is 320 g/mol. The number of nitrogens with one attached hydrogen (secondary N) is 2. The zero-order valence-corrected chi connectivity index (χ0v) is 12.5. The number of nitrogens with zero attached hydrogens (tertiary/aromatic N) is 1. The molecule has 0 saturated carbocycles. The number of hydrogen-bond donors (Lipinski definition) is 3. The van der Waals surface area contributed by atoms with E-state index in [1.807, 2.05) is 0 Å². The van der Waals surface area contributed by atoms with E-state index < -0.39 is 25.4 Å². The van der Waals surface area contributed by atoms with Crippen molar-refractivity contribution in [2.75, 3.05) is 16.9 Å². The molecule has 2 heterocycles. The lowest BCUT2D eigenvalue weighted by Gasteiger charge is -2.23. The zero-order valence-electron chi connectivity index (χ0n) is 10.8. The highest BCUT2D eigenvalue weighted by Gasteiger charge is 2.42. The summed E-state index contributed by atoms with van der Waals surface area (Å²) in [5, 5.41) is -0.256. The normalized spacial score (nSPS) is 25.5. The van der Waals surface area contributed by atoms with E-state index in [0.717, 1.165) is 0 Å². The molecule has 0 amide bonds. The van der Waals surface area contributed by atoms with Gasteiger partial charge in [0.25, 0.3) is 10.0 Å². The van der Waals surface area contributed by atoms with E-state index in [0.29, 0.717) is 0 Å². The van der Waals surface area contributed by atoms with E-state index >= 15 is 0 Å².